The molecule has 1 aromatic heterocycles. The van der Waals surface area contributed by atoms with E-state index in [-0.39, 0.29) is 0 Å². The van der Waals surface area contributed by atoms with E-state index in [0.717, 1.165) is 0 Å². The molecule has 2 aliphatic heterocycles. The second-order valence-electron chi connectivity index (χ2n) is 4.99. The fraction of sp³-hybridized carbons (Fsp3) is 0.667. The van der Waals surface area contributed by atoms with Crippen LogP contribution in [0.2, 0.25) is 0 Å². The number of hydrogen-bond acceptors (Lipinski definition) is 7. The molecule has 5 atom stereocenters. The molecule has 3 heterocycles. The van der Waals surface area contributed by atoms with Crippen LogP contribution >= 0.6 is 0 Å². The highest BCUT2D eigenvalue weighted by Crippen LogP contribution is 2.36. The minimum atomic E-state index is -1.19. The van der Waals surface area contributed by atoms with Crippen LogP contribution < -0.4 is 0 Å². The van der Waals surface area contributed by atoms with Gasteiger partial charge in [0.15, 0.2) is 12.0 Å². The second kappa shape index (κ2) is 5.23. The minimum Gasteiger partial charge on any atom is -0.394 e. The minimum absolute atomic E-state index is 0.391. The number of imidazole rings is 1. The van der Waals surface area contributed by atoms with Crippen molar-refractivity contribution in [3.63, 3.8) is 0 Å². The Bertz CT molecular complexity index is 517. The highest BCUT2D eigenvalue weighted by atomic mass is 16.6. The van der Waals surface area contributed by atoms with Gasteiger partial charge >= 0.3 is 0 Å². The van der Waals surface area contributed by atoms with Crippen molar-refractivity contribution in [1.82, 2.24) is 9.55 Å². The van der Waals surface area contributed by atoms with E-state index in [2.05, 4.69) is 9.98 Å². The summed E-state index contributed by atoms with van der Waals surface area (Å²) in [5.41, 5.74) is 0.427. The summed E-state index contributed by atoms with van der Waals surface area (Å²) in [6, 6.07) is 0. The van der Waals surface area contributed by atoms with Gasteiger partial charge in [-0.2, -0.15) is 0 Å². The summed E-state index contributed by atoms with van der Waals surface area (Å²) in [6.07, 6.45) is -0.578. The van der Waals surface area contributed by atoms with Crippen LogP contribution in [0.5, 0.6) is 0 Å². The number of aliphatic hydroxyl groups is 4. The average Bonchev–Trinajstić information content (AvgIpc) is 2.92. The van der Waals surface area contributed by atoms with E-state index in [1.165, 1.54) is 10.9 Å². The molecule has 1 saturated heterocycles. The molecule has 0 bridgehead atoms. The molecule has 0 saturated carbocycles. The van der Waals surface area contributed by atoms with Crippen LogP contribution in [0.1, 0.15) is 30.9 Å². The third-order valence-electron chi connectivity index (χ3n) is 3.68. The molecule has 0 aliphatic carbocycles. The molecule has 0 amide bonds. The fourth-order valence-electron chi connectivity index (χ4n) is 2.55. The SMILES string of the molecule is OC[C@@H]1OC(n2cnc3c2N=CCC[C@H]3O)[C@@H](O)[C@H]1O. The first kappa shape index (κ1) is 13.7. The Hall–Kier alpha value is -1.32. The maximum atomic E-state index is 10.0. The molecule has 8 heteroatoms. The maximum absolute atomic E-state index is 10.0. The number of aliphatic hydroxyl groups excluding tert-OH is 4. The van der Waals surface area contributed by atoms with Crippen molar-refractivity contribution in [3.05, 3.63) is 12.0 Å². The van der Waals surface area contributed by atoms with Crippen LogP contribution in [0.15, 0.2) is 11.3 Å². The van der Waals surface area contributed by atoms with Crippen LogP contribution in [0.25, 0.3) is 0 Å². The molecule has 20 heavy (non-hydrogen) atoms. The van der Waals surface area contributed by atoms with E-state index in [1.807, 2.05) is 0 Å². The topological polar surface area (TPSA) is 120 Å². The van der Waals surface area contributed by atoms with Gasteiger partial charge in [-0.3, -0.25) is 4.57 Å². The number of aliphatic imine (C=N–C) groups is 1. The smallest absolute Gasteiger partial charge is 0.165 e. The zero-order valence-corrected chi connectivity index (χ0v) is 10.7. The number of ether oxygens (including phenoxy) is 1. The van der Waals surface area contributed by atoms with Crippen molar-refractivity contribution >= 4 is 12.0 Å². The van der Waals surface area contributed by atoms with Gasteiger partial charge in [-0.05, 0) is 12.8 Å². The summed E-state index contributed by atoms with van der Waals surface area (Å²) in [5, 5.41) is 38.9. The highest BCUT2D eigenvalue weighted by molar-refractivity contribution is 5.64. The number of rotatable bonds is 2. The molecule has 0 radical (unpaired) electrons. The van der Waals surface area contributed by atoms with E-state index < -0.39 is 37.3 Å². The third kappa shape index (κ3) is 2.05. The highest BCUT2D eigenvalue weighted by Gasteiger charge is 2.44. The lowest BCUT2D eigenvalue weighted by molar-refractivity contribution is -0.0520. The summed E-state index contributed by atoms with van der Waals surface area (Å²) in [5.74, 6) is 0.407. The molecule has 2 aliphatic rings. The lowest BCUT2D eigenvalue weighted by Gasteiger charge is -2.17. The van der Waals surface area contributed by atoms with Crippen molar-refractivity contribution in [3.8, 4) is 0 Å². The Morgan fingerprint density at radius 3 is 2.80 bits per heavy atom. The van der Waals surface area contributed by atoms with Crippen LogP contribution in [-0.4, -0.2) is 61.1 Å². The Morgan fingerprint density at radius 2 is 2.10 bits per heavy atom. The first-order chi connectivity index (χ1) is 9.63. The maximum Gasteiger partial charge on any atom is 0.165 e. The Kier molecular flexibility index (Phi) is 3.57. The first-order valence-corrected chi connectivity index (χ1v) is 6.53. The average molecular weight is 283 g/mol. The monoisotopic (exact) mass is 283 g/mol. The van der Waals surface area contributed by atoms with Gasteiger partial charge in [0, 0.05) is 6.21 Å². The first-order valence-electron chi connectivity index (χ1n) is 6.53. The number of aromatic nitrogens is 2. The van der Waals surface area contributed by atoms with Crippen molar-refractivity contribution in [2.24, 2.45) is 4.99 Å². The van der Waals surface area contributed by atoms with Crippen LogP contribution in [0.4, 0.5) is 5.82 Å². The molecule has 0 aromatic carbocycles. The molecular weight excluding hydrogens is 266 g/mol. The Labute approximate surface area is 115 Å². The Balaban J connectivity index is 1.96. The van der Waals surface area contributed by atoms with E-state index in [0.29, 0.717) is 24.4 Å². The largest absolute Gasteiger partial charge is 0.394 e. The molecule has 4 N–H and O–H groups in total. The second-order valence-corrected chi connectivity index (χ2v) is 4.99. The van der Waals surface area contributed by atoms with Crippen LogP contribution in [0.3, 0.4) is 0 Å². The van der Waals surface area contributed by atoms with Crippen molar-refractivity contribution in [2.45, 2.75) is 43.5 Å². The number of nitrogens with zero attached hydrogens (tertiary/aromatic N) is 3. The van der Waals surface area contributed by atoms with Crippen LogP contribution in [-0.2, 0) is 4.74 Å². The van der Waals surface area contributed by atoms with Crippen molar-refractivity contribution in [1.29, 1.82) is 0 Å². The van der Waals surface area contributed by atoms with E-state index in [1.54, 1.807) is 6.21 Å². The molecule has 1 fully saturated rings. The van der Waals surface area contributed by atoms with Gasteiger partial charge in [0.05, 0.1) is 12.9 Å². The standard InChI is InChI=1S/C12H17N3O5/c16-4-7-9(18)10(19)12(20-7)15-5-14-8-6(17)2-1-3-13-11(8)15/h3,5-7,9-10,12,16-19H,1-2,4H2/t6-,7+,9+,10+,12?/m1/s1. The zero-order chi connectivity index (χ0) is 14.3. The molecule has 3 rings (SSSR count). The summed E-state index contributed by atoms with van der Waals surface area (Å²) in [4.78, 5) is 8.35. The fourth-order valence-corrected chi connectivity index (χ4v) is 2.55. The van der Waals surface area contributed by atoms with Gasteiger partial charge in [0.1, 0.15) is 30.1 Å². The van der Waals surface area contributed by atoms with E-state index in [9.17, 15) is 15.3 Å². The molecule has 0 spiro atoms. The summed E-state index contributed by atoms with van der Waals surface area (Å²) >= 11 is 0. The van der Waals surface area contributed by atoms with Gasteiger partial charge in [-0.15, -0.1) is 0 Å². The van der Waals surface area contributed by atoms with Crippen molar-refractivity contribution < 1.29 is 25.2 Å². The summed E-state index contributed by atoms with van der Waals surface area (Å²) in [7, 11) is 0. The van der Waals surface area contributed by atoms with Crippen LogP contribution in [0, 0.1) is 0 Å². The van der Waals surface area contributed by atoms with E-state index in [4.69, 9.17) is 9.84 Å². The molecule has 110 valence electrons. The van der Waals surface area contributed by atoms with Gasteiger partial charge < -0.3 is 25.2 Å². The quantitative estimate of drug-likeness (QED) is 0.554. The normalized spacial score (nSPS) is 36.9. The molecule has 1 unspecified atom stereocenters. The summed E-state index contributed by atoms with van der Waals surface area (Å²) < 4.78 is 6.92. The number of fused-ring (bicyclic) bond motifs is 1. The lowest BCUT2D eigenvalue weighted by Crippen LogP contribution is -2.33. The predicted molar refractivity (Wildman–Crippen MR) is 67.6 cm³/mol. The molecule has 1 aromatic rings. The van der Waals surface area contributed by atoms with Gasteiger partial charge in [-0.1, -0.05) is 0 Å². The number of hydrogen-bond donors (Lipinski definition) is 4. The zero-order valence-electron chi connectivity index (χ0n) is 10.7. The van der Waals surface area contributed by atoms with Gasteiger partial charge in [-0.25, -0.2) is 9.98 Å². The van der Waals surface area contributed by atoms with Gasteiger partial charge in [0.2, 0.25) is 0 Å². The Morgan fingerprint density at radius 1 is 1.30 bits per heavy atom. The van der Waals surface area contributed by atoms with Gasteiger partial charge in [0.25, 0.3) is 0 Å². The molecular formula is C12H17N3O5. The predicted octanol–water partition coefficient (Wildman–Crippen LogP) is -0.976. The molecule has 8 nitrogen and oxygen atoms in total. The summed E-state index contributed by atoms with van der Waals surface area (Å²) in [6.45, 7) is -0.391. The third-order valence-corrected chi connectivity index (χ3v) is 3.68. The van der Waals surface area contributed by atoms with Crippen molar-refractivity contribution in [2.75, 3.05) is 6.61 Å². The van der Waals surface area contributed by atoms with E-state index >= 15 is 0 Å². The lowest BCUT2D eigenvalue weighted by atomic mass is 10.1.